The molecule has 1 unspecified atom stereocenters. The van der Waals surface area contributed by atoms with Crippen molar-refractivity contribution in [2.45, 2.75) is 56.0 Å². The van der Waals surface area contributed by atoms with E-state index in [9.17, 15) is 9.18 Å². The predicted molar refractivity (Wildman–Crippen MR) is 155 cm³/mol. The molecule has 2 aliphatic carbocycles. The predicted octanol–water partition coefficient (Wildman–Crippen LogP) is 7.54. The van der Waals surface area contributed by atoms with Crippen LogP contribution >= 0.6 is 11.9 Å². The molecule has 1 saturated carbocycles. The minimum absolute atomic E-state index is 0.0174. The Labute approximate surface area is 233 Å². The second kappa shape index (κ2) is 11.3. The smallest absolute Gasteiger partial charge is 0.231 e. The Morgan fingerprint density at radius 1 is 1.03 bits per heavy atom. The van der Waals surface area contributed by atoms with Gasteiger partial charge in [0.2, 0.25) is 5.91 Å². The highest BCUT2D eigenvalue weighted by Gasteiger charge is 2.46. The summed E-state index contributed by atoms with van der Waals surface area (Å²) in [6.07, 6.45) is 4.02. The number of aryl methyl sites for hydroxylation is 2. The summed E-state index contributed by atoms with van der Waals surface area (Å²) in [5.74, 6) is 0.181. The number of aromatic nitrogens is 1. The Balaban J connectivity index is 1.28. The summed E-state index contributed by atoms with van der Waals surface area (Å²) in [6, 6.07) is 29.5. The third-order valence-electron chi connectivity index (χ3n) is 7.76. The van der Waals surface area contributed by atoms with Crippen LogP contribution in [0.1, 0.15) is 59.3 Å². The van der Waals surface area contributed by atoms with Gasteiger partial charge in [-0.25, -0.2) is 4.39 Å². The third kappa shape index (κ3) is 5.92. The van der Waals surface area contributed by atoms with Crippen LogP contribution in [0.5, 0.6) is 0 Å². The van der Waals surface area contributed by atoms with Gasteiger partial charge in [0, 0.05) is 28.2 Å². The summed E-state index contributed by atoms with van der Waals surface area (Å²) in [4.78, 5) is 21.6. The van der Waals surface area contributed by atoms with Gasteiger partial charge < -0.3 is 4.90 Å². The molecule has 198 valence electrons. The number of benzene rings is 3. The lowest BCUT2D eigenvalue weighted by Crippen LogP contribution is -2.33. The van der Waals surface area contributed by atoms with Crippen molar-refractivity contribution >= 4 is 23.5 Å². The van der Waals surface area contributed by atoms with Gasteiger partial charge in [-0.15, -0.1) is 0 Å². The maximum Gasteiger partial charge on any atom is 0.231 e. The lowest BCUT2D eigenvalue weighted by Gasteiger charge is -2.29. The minimum Gasteiger partial charge on any atom is -0.306 e. The zero-order valence-electron chi connectivity index (χ0n) is 22.0. The molecule has 3 aromatic carbocycles. The van der Waals surface area contributed by atoms with Crippen LogP contribution in [-0.4, -0.2) is 10.9 Å². The lowest BCUT2D eigenvalue weighted by molar-refractivity contribution is -0.120. The fourth-order valence-corrected chi connectivity index (χ4v) is 6.40. The van der Waals surface area contributed by atoms with Gasteiger partial charge in [0.1, 0.15) is 5.82 Å². The van der Waals surface area contributed by atoms with Crippen molar-refractivity contribution in [2.75, 3.05) is 4.90 Å². The number of hydrogen-bond acceptors (Lipinski definition) is 4. The molecule has 1 heterocycles. The van der Waals surface area contributed by atoms with Crippen molar-refractivity contribution in [3.05, 3.63) is 125 Å². The van der Waals surface area contributed by atoms with Gasteiger partial charge >= 0.3 is 0 Å². The molecule has 1 aromatic heterocycles. The Morgan fingerprint density at radius 2 is 1.85 bits per heavy atom. The van der Waals surface area contributed by atoms with Crippen LogP contribution in [-0.2, 0) is 17.8 Å². The molecule has 0 spiro atoms. The summed E-state index contributed by atoms with van der Waals surface area (Å²) < 4.78 is 17.0. The number of anilines is 1. The van der Waals surface area contributed by atoms with Crippen LogP contribution < -0.4 is 9.62 Å². The standard InChI is InChI=1S/C33H32FN3OS/c1-22-7-5-11-26(35-22)21-37(33(38)31-20-29(31)23-8-3-2-4-9-23)27-16-13-24-10-6-12-32(30(24)19-27)36-39-28-17-14-25(34)15-18-28/h2-5,7-9,11,13-19,29,31-32,36H,6,10,12,20-21H2,1H3/t29-,31+,32?/m1/s1. The van der Waals surface area contributed by atoms with E-state index in [4.69, 9.17) is 4.98 Å². The zero-order valence-corrected chi connectivity index (χ0v) is 22.8. The second-order valence-electron chi connectivity index (χ2n) is 10.6. The lowest BCUT2D eigenvalue weighted by atomic mass is 9.87. The Hall–Kier alpha value is -3.48. The molecule has 39 heavy (non-hydrogen) atoms. The molecule has 4 nitrogen and oxygen atoms in total. The van der Waals surface area contributed by atoms with Gasteiger partial charge in [-0.05, 0) is 116 Å². The van der Waals surface area contributed by atoms with Crippen LogP contribution in [0.2, 0.25) is 0 Å². The van der Waals surface area contributed by atoms with E-state index >= 15 is 0 Å². The topological polar surface area (TPSA) is 45.2 Å². The van der Waals surface area contributed by atoms with Crippen molar-refractivity contribution in [1.29, 1.82) is 0 Å². The highest BCUT2D eigenvalue weighted by Crippen LogP contribution is 2.49. The van der Waals surface area contributed by atoms with E-state index in [1.807, 2.05) is 48.2 Å². The van der Waals surface area contributed by atoms with Crippen molar-refractivity contribution in [3.63, 3.8) is 0 Å². The summed E-state index contributed by atoms with van der Waals surface area (Å²) in [6.45, 7) is 2.43. The highest BCUT2D eigenvalue weighted by molar-refractivity contribution is 7.97. The molecule has 0 bridgehead atoms. The quantitative estimate of drug-likeness (QED) is 0.236. The first-order chi connectivity index (χ1) is 19.0. The van der Waals surface area contributed by atoms with Crippen molar-refractivity contribution in [3.8, 4) is 0 Å². The molecular formula is C33H32FN3OS. The zero-order chi connectivity index (χ0) is 26.8. The van der Waals surface area contributed by atoms with Gasteiger partial charge in [0.05, 0.1) is 12.2 Å². The molecule has 4 aromatic rings. The molecular weight excluding hydrogens is 505 g/mol. The normalized spacial score (nSPS) is 19.8. The number of rotatable bonds is 8. The van der Waals surface area contributed by atoms with Crippen molar-refractivity contribution in [1.82, 2.24) is 9.71 Å². The maximum absolute atomic E-state index is 14.0. The molecule has 0 aliphatic heterocycles. The van der Waals surface area contributed by atoms with Gasteiger partial charge in [-0.1, -0.05) is 42.5 Å². The van der Waals surface area contributed by atoms with Crippen molar-refractivity contribution < 1.29 is 9.18 Å². The molecule has 6 rings (SSSR count). The number of amides is 1. The number of halogens is 1. The minimum atomic E-state index is -0.231. The number of hydrogen-bond donors (Lipinski definition) is 1. The van der Waals surface area contributed by atoms with E-state index in [1.54, 1.807) is 12.1 Å². The molecule has 1 N–H and O–H groups in total. The third-order valence-corrected chi connectivity index (χ3v) is 8.67. The van der Waals surface area contributed by atoms with Crippen LogP contribution in [0, 0.1) is 18.7 Å². The first kappa shape index (κ1) is 25.8. The van der Waals surface area contributed by atoms with E-state index in [1.165, 1.54) is 40.8 Å². The monoisotopic (exact) mass is 537 g/mol. The van der Waals surface area contributed by atoms with Crippen LogP contribution in [0.15, 0.2) is 95.9 Å². The Bertz CT molecular complexity index is 1460. The number of fused-ring (bicyclic) bond motifs is 1. The number of carbonyl (C=O) groups is 1. The van der Waals surface area contributed by atoms with Crippen LogP contribution in [0.4, 0.5) is 10.1 Å². The summed E-state index contributed by atoms with van der Waals surface area (Å²) in [5.41, 5.74) is 6.54. The number of nitrogens with zero attached hydrogens (tertiary/aromatic N) is 2. The Morgan fingerprint density at radius 3 is 2.64 bits per heavy atom. The van der Waals surface area contributed by atoms with E-state index in [0.29, 0.717) is 6.54 Å². The van der Waals surface area contributed by atoms with Crippen molar-refractivity contribution in [2.24, 2.45) is 5.92 Å². The SMILES string of the molecule is Cc1cccc(CN(C(=O)[C@H]2C[C@@H]2c2ccccc2)c2ccc3c(c2)C(NSc2ccc(F)cc2)CCC3)n1. The van der Waals surface area contributed by atoms with E-state index < -0.39 is 0 Å². The average molecular weight is 538 g/mol. The highest BCUT2D eigenvalue weighted by atomic mass is 32.2. The maximum atomic E-state index is 14.0. The van der Waals surface area contributed by atoms with E-state index in [0.717, 1.165) is 47.7 Å². The first-order valence-corrected chi connectivity index (χ1v) is 14.5. The van der Waals surface area contributed by atoms with Gasteiger partial charge in [0.25, 0.3) is 0 Å². The molecule has 3 atom stereocenters. The molecule has 2 aliphatic rings. The number of pyridine rings is 1. The fraction of sp³-hybridized carbons (Fsp3) is 0.273. The van der Waals surface area contributed by atoms with Gasteiger partial charge in [-0.3, -0.25) is 14.5 Å². The van der Waals surface area contributed by atoms with E-state index in [-0.39, 0.29) is 29.6 Å². The molecule has 1 fully saturated rings. The average Bonchev–Trinajstić information content (AvgIpc) is 3.77. The summed E-state index contributed by atoms with van der Waals surface area (Å²) >= 11 is 1.53. The van der Waals surface area contributed by atoms with Gasteiger partial charge in [-0.2, -0.15) is 0 Å². The largest absolute Gasteiger partial charge is 0.306 e. The number of carbonyl (C=O) groups excluding carboxylic acids is 1. The number of nitrogens with one attached hydrogen (secondary N) is 1. The fourth-order valence-electron chi connectivity index (χ4n) is 5.60. The molecule has 0 saturated heterocycles. The summed E-state index contributed by atoms with van der Waals surface area (Å²) in [7, 11) is 0. The first-order valence-electron chi connectivity index (χ1n) is 13.6. The second-order valence-corrected chi connectivity index (χ2v) is 11.5. The van der Waals surface area contributed by atoms with Crippen LogP contribution in [0.3, 0.4) is 0 Å². The molecule has 1 amide bonds. The Kier molecular flexibility index (Phi) is 7.49. The van der Waals surface area contributed by atoms with E-state index in [2.05, 4.69) is 35.1 Å². The summed E-state index contributed by atoms with van der Waals surface area (Å²) in [5, 5.41) is 0. The molecule has 0 radical (unpaired) electrons. The molecule has 6 heteroatoms. The van der Waals surface area contributed by atoms with Gasteiger partial charge in [0.15, 0.2) is 0 Å². The van der Waals surface area contributed by atoms with Crippen LogP contribution in [0.25, 0.3) is 0 Å².